The lowest BCUT2D eigenvalue weighted by atomic mass is 9.89. The maximum Gasteiger partial charge on any atom is 0.0720 e. The Labute approximate surface area is 122 Å². The lowest BCUT2D eigenvalue weighted by Gasteiger charge is -2.26. The number of rotatable bonds is 6. The summed E-state index contributed by atoms with van der Waals surface area (Å²) in [7, 11) is 0. The van der Waals surface area contributed by atoms with Crippen molar-refractivity contribution in [2.24, 2.45) is 5.92 Å². The lowest BCUT2D eigenvalue weighted by Crippen LogP contribution is -2.20. The van der Waals surface area contributed by atoms with Crippen LogP contribution in [0.5, 0.6) is 0 Å². The Morgan fingerprint density at radius 3 is 2.25 bits per heavy atom. The molecule has 0 unspecified atom stereocenters. The zero-order chi connectivity index (χ0) is 13.8. The molecule has 0 spiro atoms. The molecule has 2 saturated carbocycles. The number of nitrogens with one attached hydrogen (secondary N) is 1. The van der Waals surface area contributed by atoms with Crippen LogP contribution in [0.25, 0.3) is 0 Å². The van der Waals surface area contributed by atoms with Gasteiger partial charge in [-0.15, -0.1) is 0 Å². The normalized spacial score (nSPS) is 26.6. The van der Waals surface area contributed by atoms with E-state index in [0.29, 0.717) is 6.10 Å². The molecule has 1 aromatic rings. The van der Waals surface area contributed by atoms with Crippen LogP contribution in [-0.4, -0.2) is 12.1 Å². The summed E-state index contributed by atoms with van der Waals surface area (Å²) in [6.07, 6.45) is 8.34. The van der Waals surface area contributed by atoms with Crippen molar-refractivity contribution in [3.8, 4) is 0 Å². The lowest BCUT2D eigenvalue weighted by molar-refractivity contribution is 0.00877. The summed E-state index contributed by atoms with van der Waals surface area (Å²) in [5.74, 6) is 0.896. The monoisotopic (exact) mass is 273 g/mol. The molecule has 2 heteroatoms. The van der Waals surface area contributed by atoms with Gasteiger partial charge in [-0.05, 0) is 55.6 Å². The highest BCUT2D eigenvalue weighted by atomic mass is 16.5. The molecule has 0 saturated heterocycles. The molecule has 0 heterocycles. The first kappa shape index (κ1) is 14.1. The highest BCUT2D eigenvalue weighted by Gasteiger charge is 2.20. The quantitative estimate of drug-likeness (QED) is 0.845. The van der Waals surface area contributed by atoms with Crippen molar-refractivity contribution >= 4 is 0 Å². The molecule has 110 valence electrons. The molecule has 2 aliphatic carbocycles. The zero-order valence-electron chi connectivity index (χ0n) is 12.6. The van der Waals surface area contributed by atoms with E-state index in [1.807, 2.05) is 0 Å². The predicted octanol–water partition coefficient (Wildman–Crippen LogP) is 4.03. The maximum absolute atomic E-state index is 6.05. The van der Waals surface area contributed by atoms with Crippen LogP contribution in [0.1, 0.15) is 56.6 Å². The minimum atomic E-state index is 0.488. The highest BCUT2D eigenvalue weighted by Crippen LogP contribution is 2.26. The minimum absolute atomic E-state index is 0.488. The van der Waals surface area contributed by atoms with E-state index >= 15 is 0 Å². The van der Waals surface area contributed by atoms with E-state index in [0.717, 1.165) is 25.1 Å². The van der Waals surface area contributed by atoms with Crippen molar-refractivity contribution in [2.75, 3.05) is 0 Å². The fraction of sp³-hybridized carbons (Fsp3) is 0.667. The van der Waals surface area contributed by atoms with Crippen LogP contribution in [0.3, 0.4) is 0 Å². The van der Waals surface area contributed by atoms with Crippen LogP contribution >= 0.6 is 0 Å². The van der Waals surface area contributed by atoms with Crippen LogP contribution in [-0.2, 0) is 17.9 Å². The Hall–Kier alpha value is -0.860. The summed E-state index contributed by atoms with van der Waals surface area (Å²) in [5, 5.41) is 3.55. The Morgan fingerprint density at radius 1 is 0.950 bits per heavy atom. The fourth-order valence-corrected chi connectivity index (χ4v) is 2.91. The number of hydrogen-bond acceptors (Lipinski definition) is 2. The minimum Gasteiger partial charge on any atom is -0.374 e. The Bertz CT molecular complexity index is 402. The molecule has 2 nitrogen and oxygen atoms in total. The first-order chi connectivity index (χ1) is 9.79. The third kappa shape index (κ3) is 4.32. The van der Waals surface area contributed by atoms with Gasteiger partial charge in [-0.2, -0.15) is 0 Å². The van der Waals surface area contributed by atoms with Gasteiger partial charge in [0.1, 0.15) is 0 Å². The average molecular weight is 273 g/mol. The van der Waals surface area contributed by atoms with Gasteiger partial charge in [-0.1, -0.05) is 31.2 Å². The van der Waals surface area contributed by atoms with E-state index in [9.17, 15) is 0 Å². The molecule has 3 rings (SSSR count). The summed E-state index contributed by atoms with van der Waals surface area (Å²) in [6.45, 7) is 4.13. The molecule has 2 aliphatic rings. The van der Waals surface area contributed by atoms with Crippen molar-refractivity contribution < 1.29 is 4.74 Å². The number of hydrogen-bond donors (Lipinski definition) is 1. The van der Waals surface area contributed by atoms with Gasteiger partial charge < -0.3 is 10.1 Å². The third-order valence-corrected chi connectivity index (χ3v) is 4.64. The average Bonchev–Trinajstić information content (AvgIpc) is 3.30. The van der Waals surface area contributed by atoms with Gasteiger partial charge in [0.15, 0.2) is 0 Å². The Kier molecular flexibility index (Phi) is 4.74. The van der Waals surface area contributed by atoms with Gasteiger partial charge in [-0.25, -0.2) is 0 Å². The smallest absolute Gasteiger partial charge is 0.0720 e. The fourth-order valence-electron chi connectivity index (χ4n) is 2.91. The van der Waals surface area contributed by atoms with E-state index in [1.165, 1.54) is 49.7 Å². The molecule has 2 fully saturated rings. The van der Waals surface area contributed by atoms with Crippen LogP contribution in [0.4, 0.5) is 0 Å². The summed E-state index contributed by atoms with van der Waals surface area (Å²) < 4.78 is 6.05. The first-order valence-electron chi connectivity index (χ1n) is 8.22. The predicted molar refractivity (Wildman–Crippen MR) is 82.5 cm³/mol. The molecule has 20 heavy (non-hydrogen) atoms. The van der Waals surface area contributed by atoms with Crippen molar-refractivity contribution in [3.05, 3.63) is 35.4 Å². The zero-order valence-corrected chi connectivity index (χ0v) is 12.6. The third-order valence-electron chi connectivity index (χ3n) is 4.64. The second-order valence-corrected chi connectivity index (χ2v) is 6.66. The molecule has 0 aliphatic heterocycles. The second-order valence-electron chi connectivity index (χ2n) is 6.66. The van der Waals surface area contributed by atoms with Crippen LogP contribution in [0, 0.1) is 5.92 Å². The molecular weight excluding hydrogens is 246 g/mol. The molecule has 0 amide bonds. The molecule has 1 N–H and O–H groups in total. The first-order valence-corrected chi connectivity index (χ1v) is 8.22. The van der Waals surface area contributed by atoms with Gasteiger partial charge >= 0.3 is 0 Å². The SMILES string of the molecule is CC1CCC(OCc2ccc(CNC3CC3)cc2)CC1. The van der Waals surface area contributed by atoms with Gasteiger partial charge in [0.2, 0.25) is 0 Å². The van der Waals surface area contributed by atoms with Gasteiger partial charge in [-0.3, -0.25) is 0 Å². The van der Waals surface area contributed by atoms with Gasteiger partial charge in [0, 0.05) is 12.6 Å². The molecular formula is C18H27NO. The van der Waals surface area contributed by atoms with Crippen molar-refractivity contribution in [2.45, 2.75) is 70.7 Å². The van der Waals surface area contributed by atoms with Crippen molar-refractivity contribution in [3.63, 3.8) is 0 Å². The van der Waals surface area contributed by atoms with Crippen LogP contribution in [0.15, 0.2) is 24.3 Å². The standard InChI is InChI=1S/C18H27NO/c1-14-2-10-18(11-3-14)20-13-16-6-4-15(5-7-16)12-19-17-8-9-17/h4-7,14,17-19H,2-3,8-13H2,1H3. The summed E-state index contributed by atoms with van der Waals surface area (Å²) in [6, 6.07) is 9.69. The van der Waals surface area contributed by atoms with E-state index in [4.69, 9.17) is 4.74 Å². The maximum atomic E-state index is 6.05. The Balaban J connectivity index is 1.40. The molecule has 0 radical (unpaired) electrons. The molecule has 0 bridgehead atoms. The van der Waals surface area contributed by atoms with Crippen LogP contribution in [0.2, 0.25) is 0 Å². The number of ether oxygens (including phenoxy) is 1. The van der Waals surface area contributed by atoms with Crippen molar-refractivity contribution in [1.29, 1.82) is 0 Å². The van der Waals surface area contributed by atoms with Crippen LogP contribution < -0.4 is 5.32 Å². The largest absolute Gasteiger partial charge is 0.374 e. The van der Waals surface area contributed by atoms with E-state index < -0.39 is 0 Å². The molecule has 0 atom stereocenters. The van der Waals surface area contributed by atoms with Crippen molar-refractivity contribution in [1.82, 2.24) is 5.32 Å². The molecule has 0 aromatic heterocycles. The molecule has 1 aromatic carbocycles. The van der Waals surface area contributed by atoms with Gasteiger partial charge in [0.05, 0.1) is 12.7 Å². The Morgan fingerprint density at radius 2 is 1.60 bits per heavy atom. The van der Waals surface area contributed by atoms with E-state index in [2.05, 4.69) is 36.5 Å². The van der Waals surface area contributed by atoms with E-state index in [-0.39, 0.29) is 0 Å². The topological polar surface area (TPSA) is 21.3 Å². The second kappa shape index (κ2) is 6.73. The summed E-state index contributed by atoms with van der Waals surface area (Å²) >= 11 is 0. The summed E-state index contributed by atoms with van der Waals surface area (Å²) in [5.41, 5.74) is 2.69. The number of benzene rings is 1. The van der Waals surface area contributed by atoms with Gasteiger partial charge in [0.25, 0.3) is 0 Å². The highest BCUT2D eigenvalue weighted by molar-refractivity contribution is 5.22. The summed E-state index contributed by atoms with van der Waals surface area (Å²) in [4.78, 5) is 0. The van der Waals surface area contributed by atoms with E-state index in [1.54, 1.807) is 0 Å².